The number of carbonyl (C=O) groups excluding carboxylic acids is 1. The number of nitrogens with zero attached hydrogens (tertiary/aromatic N) is 1. The summed E-state index contributed by atoms with van der Waals surface area (Å²) in [6.07, 6.45) is 6.44. The van der Waals surface area contributed by atoms with Crippen LogP contribution in [-0.2, 0) is 4.79 Å². The van der Waals surface area contributed by atoms with Crippen LogP contribution in [0.3, 0.4) is 0 Å². The van der Waals surface area contributed by atoms with E-state index in [1.807, 2.05) is 0 Å². The summed E-state index contributed by atoms with van der Waals surface area (Å²) in [6, 6.07) is 0. The van der Waals surface area contributed by atoms with Crippen LogP contribution in [0.5, 0.6) is 0 Å². The molecule has 0 bridgehead atoms. The third-order valence-corrected chi connectivity index (χ3v) is 3.59. The van der Waals surface area contributed by atoms with Crippen molar-refractivity contribution < 1.29 is 4.79 Å². The van der Waals surface area contributed by atoms with E-state index in [1.54, 1.807) is 0 Å². The summed E-state index contributed by atoms with van der Waals surface area (Å²) in [5.74, 6) is 0.991. The van der Waals surface area contributed by atoms with Gasteiger partial charge in [0.25, 0.3) is 0 Å². The van der Waals surface area contributed by atoms with Crippen molar-refractivity contribution in [2.75, 3.05) is 39.3 Å². The minimum atomic E-state index is 0.145. The van der Waals surface area contributed by atoms with Crippen LogP contribution in [0.4, 0.5) is 0 Å². The molecule has 0 aromatic carbocycles. The Hall–Kier alpha value is -0.610. The summed E-state index contributed by atoms with van der Waals surface area (Å²) in [7, 11) is 0. The first kappa shape index (κ1) is 12.8. The van der Waals surface area contributed by atoms with Crippen molar-refractivity contribution >= 4 is 5.91 Å². The number of nitrogens with one attached hydrogen (secondary N) is 2. The lowest BCUT2D eigenvalue weighted by Gasteiger charge is -2.14. The van der Waals surface area contributed by atoms with Gasteiger partial charge in [0.1, 0.15) is 0 Å². The minimum absolute atomic E-state index is 0.145. The molecule has 1 saturated heterocycles. The number of amides is 1. The molecule has 2 rings (SSSR count). The quantitative estimate of drug-likeness (QED) is 0.609. The average molecular weight is 239 g/mol. The third kappa shape index (κ3) is 5.50. The molecule has 4 nitrogen and oxygen atoms in total. The Bertz CT molecular complexity index is 235. The Morgan fingerprint density at radius 3 is 2.71 bits per heavy atom. The smallest absolute Gasteiger partial charge is 0.233 e. The van der Waals surface area contributed by atoms with Crippen molar-refractivity contribution in [1.82, 2.24) is 15.5 Å². The van der Waals surface area contributed by atoms with Crippen LogP contribution >= 0.6 is 0 Å². The zero-order valence-corrected chi connectivity index (χ0v) is 10.7. The molecule has 0 radical (unpaired) electrons. The van der Waals surface area contributed by atoms with Crippen LogP contribution in [0.1, 0.15) is 32.1 Å². The number of carbonyl (C=O) groups is 1. The highest BCUT2D eigenvalue weighted by Crippen LogP contribution is 2.27. The first-order chi connectivity index (χ1) is 8.34. The normalized spacial score (nSPS) is 20.7. The minimum Gasteiger partial charge on any atom is -0.355 e. The second kappa shape index (κ2) is 6.97. The van der Waals surface area contributed by atoms with Gasteiger partial charge < -0.3 is 15.5 Å². The van der Waals surface area contributed by atoms with Gasteiger partial charge in [0.05, 0.1) is 6.54 Å². The van der Waals surface area contributed by atoms with Crippen LogP contribution in [0.15, 0.2) is 0 Å². The topological polar surface area (TPSA) is 44.4 Å². The van der Waals surface area contributed by atoms with E-state index in [9.17, 15) is 4.79 Å². The van der Waals surface area contributed by atoms with Crippen LogP contribution in [0.2, 0.25) is 0 Å². The van der Waals surface area contributed by atoms with Crippen molar-refractivity contribution in [3.63, 3.8) is 0 Å². The number of rotatable bonds is 8. The van der Waals surface area contributed by atoms with E-state index in [1.165, 1.54) is 38.8 Å². The molecular formula is C13H25N3O. The van der Waals surface area contributed by atoms with Crippen molar-refractivity contribution in [3.8, 4) is 0 Å². The second-order valence-electron chi connectivity index (χ2n) is 5.33. The molecule has 1 saturated carbocycles. The Morgan fingerprint density at radius 1 is 1.24 bits per heavy atom. The predicted octanol–water partition coefficient (Wildman–Crippen LogP) is 0.588. The molecule has 0 unspecified atom stereocenters. The summed E-state index contributed by atoms with van der Waals surface area (Å²) in [5, 5.41) is 6.18. The highest BCUT2D eigenvalue weighted by atomic mass is 16.1. The van der Waals surface area contributed by atoms with E-state index in [-0.39, 0.29) is 5.91 Å². The zero-order chi connectivity index (χ0) is 11.9. The Morgan fingerprint density at radius 2 is 2.00 bits per heavy atom. The lowest BCUT2D eigenvalue weighted by Crippen LogP contribution is -2.36. The van der Waals surface area contributed by atoms with E-state index in [0.717, 1.165) is 32.0 Å². The van der Waals surface area contributed by atoms with Gasteiger partial charge in [0, 0.05) is 6.54 Å². The molecule has 0 aromatic rings. The standard InChI is InChI=1S/C13H25N3O/c17-13(11-14-10-12-4-5-12)15-6-3-9-16-7-1-2-8-16/h12,14H,1-11H2,(H,15,17). The molecule has 98 valence electrons. The van der Waals surface area contributed by atoms with Gasteiger partial charge in [0.15, 0.2) is 0 Å². The number of likely N-dealkylation sites (tertiary alicyclic amines) is 1. The maximum absolute atomic E-state index is 11.5. The Balaban J connectivity index is 1.39. The van der Waals surface area contributed by atoms with Crippen LogP contribution in [0.25, 0.3) is 0 Å². The van der Waals surface area contributed by atoms with E-state index in [0.29, 0.717) is 6.54 Å². The third-order valence-electron chi connectivity index (χ3n) is 3.59. The van der Waals surface area contributed by atoms with E-state index >= 15 is 0 Å². The molecule has 0 aromatic heterocycles. The lowest BCUT2D eigenvalue weighted by molar-refractivity contribution is -0.120. The van der Waals surface area contributed by atoms with Crippen LogP contribution < -0.4 is 10.6 Å². The van der Waals surface area contributed by atoms with Crippen molar-refractivity contribution in [1.29, 1.82) is 0 Å². The highest BCUT2D eigenvalue weighted by Gasteiger charge is 2.20. The second-order valence-corrected chi connectivity index (χ2v) is 5.33. The average Bonchev–Trinajstić information content (AvgIpc) is 3.00. The van der Waals surface area contributed by atoms with Crippen molar-refractivity contribution in [2.45, 2.75) is 32.1 Å². The molecule has 1 heterocycles. The molecule has 2 fully saturated rings. The monoisotopic (exact) mass is 239 g/mol. The molecule has 2 N–H and O–H groups in total. The van der Waals surface area contributed by atoms with E-state index in [2.05, 4.69) is 15.5 Å². The van der Waals surface area contributed by atoms with Gasteiger partial charge in [-0.25, -0.2) is 0 Å². The molecule has 1 aliphatic heterocycles. The number of hydrogen-bond acceptors (Lipinski definition) is 3. The van der Waals surface area contributed by atoms with Gasteiger partial charge in [0.2, 0.25) is 5.91 Å². The summed E-state index contributed by atoms with van der Waals surface area (Å²) in [4.78, 5) is 13.9. The Labute approximate surface area is 104 Å². The fourth-order valence-corrected chi connectivity index (χ4v) is 2.31. The summed E-state index contributed by atoms with van der Waals surface area (Å²) in [5.41, 5.74) is 0. The zero-order valence-electron chi connectivity index (χ0n) is 10.7. The van der Waals surface area contributed by atoms with Crippen LogP contribution in [0, 0.1) is 5.92 Å². The summed E-state index contributed by atoms with van der Waals surface area (Å²) in [6.45, 7) is 5.95. The molecule has 4 heteroatoms. The van der Waals surface area contributed by atoms with Crippen molar-refractivity contribution in [2.24, 2.45) is 5.92 Å². The van der Waals surface area contributed by atoms with Crippen molar-refractivity contribution in [3.05, 3.63) is 0 Å². The maximum atomic E-state index is 11.5. The largest absolute Gasteiger partial charge is 0.355 e. The molecule has 0 spiro atoms. The Kier molecular flexibility index (Phi) is 5.26. The fourth-order valence-electron chi connectivity index (χ4n) is 2.31. The van der Waals surface area contributed by atoms with Gasteiger partial charge in [-0.3, -0.25) is 4.79 Å². The van der Waals surface area contributed by atoms with Gasteiger partial charge in [-0.15, -0.1) is 0 Å². The SMILES string of the molecule is O=C(CNCC1CC1)NCCCN1CCCC1. The molecule has 17 heavy (non-hydrogen) atoms. The van der Waals surface area contributed by atoms with Gasteiger partial charge in [-0.1, -0.05) is 0 Å². The molecule has 1 aliphatic carbocycles. The number of hydrogen-bond donors (Lipinski definition) is 2. The first-order valence-electron chi connectivity index (χ1n) is 7.04. The molecular weight excluding hydrogens is 214 g/mol. The summed E-state index contributed by atoms with van der Waals surface area (Å²) >= 11 is 0. The van der Waals surface area contributed by atoms with E-state index in [4.69, 9.17) is 0 Å². The molecule has 0 atom stereocenters. The predicted molar refractivity (Wildman–Crippen MR) is 68.9 cm³/mol. The van der Waals surface area contributed by atoms with Crippen LogP contribution in [-0.4, -0.2) is 50.1 Å². The van der Waals surface area contributed by atoms with E-state index < -0.39 is 0 Å². The summed E-state index contributed by atoms with van der Waals surface area (Å²) < 4.78 is 0. The highest BCUT2D eigenvalue weighted by molar-refractivity contribution is 5.77. The first-order valence-corrected chi connectivity index (χ1v) is 7.04. The molecule has 1 amide bonds. The van der Waals surface area contributed by atoms with Gasteiger partial charge in [-0.2, -0.15) is 0 Å². The molecule has 2 aliphatic rings. The van der Waals surface area contributed by atoms with Gasteiger partial charge in [-0.05, 0) is 64.2 Å². The fraction of sp³-hybridized carbons (Fsp3) is 0.923. The maximum Gasteiger partial charge on any atom is 0.233 e. The van der Waals surface area contributed by atoms with Gasteiger partial charge >= 0.3 is 0 Å². The lowest BCUT2D eigenvalue weighted by atomic mass is 10.3.